The Labute approximate surface area is 110 Å². The summed E-state index contributed by atoms with van der Waals surface area (Å²) in [6.45, 7) is 3.98. The summed E-state index contributed by atoms with van der Waals surface area (Å²) in [5, 5.41) is 13.7. The highest BCUT2D eigenvalue weighted by atomic mass is 32.1. The number of nitrogens with zero attached hydrogens (tertiary/aromatic N) is 2. The fraction of sp³-hybridized carbons (Fsp3) is 0.538. The third kappa shape index (κ3) is 1.87. The van der Waals surface area contributed by atoms with E-state index in [2.05, 4.69) is 15.3 Å². The molecule has 4 nitrogen and oxygen atoms in total. The molecule has 0 fully saturated rings. The topological polar surface area (TPSA) is 58.0 Å². The van der Waals surface area contributed by atoms with Gasteiger partial charge in [0.25, 0.3) is 0 Å². The largest absolute Gasteiger partial charge is 0.394 e. The van der Waals surface area contributed by atoms with Crippen LogP contribution >= 0.6 is 11.3 Å². The Morgan fingerprint density at radius 1 is 1.39 bits per heavy atom. The Kier molecular flexibility index (Phi) is 2.95. The summed E-state index contributed by atoms with van der Waals surface area (Å²) in [7, 11) is 0. The highest BCUT2D eigenvalue weighted by Crippen LogP contribution is 2.39. The van der Waals surface area contributed by atoms with E-state index < -0.39 is 0 Å². The van der Waals surface area contributed by atoms with Crippen molar-refractivity contribution in [3.63, 3.8) is 0 Å². The Morgan fingerprint density at radius 2 is 2.22 bits per heavy atom. The molecular weight excluding hydrogens is 246 g/mol. The smallest absolute Gasteiger partial charge is 0.139 e. The van der Waals surface area contributed by atoms with Crippen molar-refractivity contribution in [3.8, 4) is 0 Å². The Balaban J connectivity index is 2.16. The van der Waals surface area contributed by atoms with Crippen LogP contribution in [0.25, 0.3) is 10.2 Å². The number of aryl methyl sites for hydroxylation is 3. The van der Waals surface area contributed by atoms with Crippen LogP contribution in [0, 0.1) is 6.92 Å². The van der Waals surface area contributed by atoms with Crippen molar-refractivity contribution in [2.24, 2.45) is 0 Å². The van der Waals surface area contributed by atoms with Crippen molar-refractivity contribution in [1.29, 1.82) is 0 Å². The minimum absolute atomic E-state index is 0.0134. The normalized spacial score (nSPS) is 15.9. The van der Waals surface area contributed by atoms with Crippen LogP contribution in [0.2, 0.25) is 0 Å². The van der Waals surface area contributed by atoms with E-state index in [9.17, 15) is 5.11 Å². The Hall–Kier alpha value is -1.20. The minimum atomic E-state index is 0.0134. The number of hydrogen-bond donors (Lipinski definition) is 2. The molecule has 0 saturated heterocycles. The number of aromatic nitrogens is 2. The number of hydrogen-bond acceptors (Lipinski definition) is 5. The third-order valence-electron chi connectivity index (χ3n) is 3.33. The highest BCUT2D eigenvalue weighted by molar-refractivity contribution is 7.19. The molecule has 1 aliphatic rings. The molecule has 2 N–H and O–H groups in total. The van der Waals surface area contributed by atoms with Gasteiger partial charge in [-0.3, -0.25) is 0 Å². The average Bonchev–Trinajstić information content (AvgIpc) is 2.87. The molecule has 2 heterocycles. The lowest BCUT2D eigenvalue weighted by atomic mass is 10.2. The standard InChI is InChI=1S/C13H17N3OS/c1-7(6-17)14-12-11-9-4-3-5-10(9)18-13(11)16-8(2)15-12/h7,17H,3-6H2,1-2H3,(H,14,15,16)/t7-/m0/s1. The van der Waals surface area contributed by atoms with Gasteiger partial charge in [0.05, 0.1) is 12.0 Å². The van der Waals surface area contributed by atoms with E-state index in [1.807, 2.05) is 13.8 Å². The predicted molar refractivity (Wildman–Crippen MR) is 74.3 cm³/mol. The van der Waals surface area contributed by atoms with E-state index in [0.717, 1.165) is 22.9 Å². The van der Waals surface area contributed by atoms with E-state index in [0.29, 0.717) is 0 Å². The SMILES string of the molecule is Cc1nc(N[C@@H](C)CO)c2c3c(sc2n1)CCC3. The van der Waals surface area contributed by atoms with Crippen LogP contribution in [0.1, 0.15) is 29.6 Å². The molecule has 0 aromatic carbocycles. The zero-order valence-electron chi connectivity index (χ0n) is 10.7. The van der Waals surface area contributed by atoms with E-state index >= 15 is 0 Å². The Morgan fingerprint density at radius 3 is 3.00 bits per heavy atom. The van der Waals surface area contributed by atoms with Crippen molar-refractivity contribution < 1.29 is 5.11 Å². The summed E-state index contributed by atoms with van der Waals surface area (Å²) < 4.78 is 0. The summed E-state index contributed by atoms with van der Waals surface area (Å²) >= 11 is 1.80. The van der Waals surface area contributed by atoms with Gasteiger partial charge in [0, 0.05) is 10.9 Å². The fourth-order valence-corrected chi connectivity index (χ4v) is 3.79. The first kappa shape index (κ1) is 11.9. The molecule has 2 aromatic heterocycles. The number of anilines is 1. The van der Waals surface area contributed by atoms with Gasteiger partial charge in [-0.2, -0.15) is 0 Å². The molecule has 0 unspecified atom stereocenters. The number of rotatable bonds is 3. The van der Waals surface area contributed by atoms with Gasteiger partial charge < -0.3 is 10.4 Å². The Bertz CT molecular complexity index is 593. The third-order valence-corrected chi connectivity index (χ3v) is 4.52. The molecule has 0 spiro atoms. The van der Waals surface area contributed by atoms with Gasteiger partial charge in [-0.1, -0.05) is 0 Å². The van der Waals surface area contributed by atoms with Crippen LogP contribution < -0.4 is 5.32 Å². The predicted octanol–water partition coefficient (Wildman–Crippen LogP) is 2.28. The lowest BCUT2D eigenvalue weighted by Gasteiger charge is -2.13. The van der Waals surface area contributed by atoms with Crippen LogP contribution in [-0.4, -0.2) is 27.7 Å². The van der Waals surface area contributed by atoms with Gasteiger partial charge in [0.1, 0.15) is 16.5 Å². The number of fused-ring (bicyclic) bond motifs is 3. The molecule has 18 heavy (non-hydrogen) atoms. The van der Waals surface area contributed by atoms with E-state index in [1.165, 1.54) is 28.7 Å². The summed E-state index contributed by atoms with van der Waals surface area (Å²) in [4.78, 5) is 11.6. The number of aliphatic hydroxyl groups is 1. The van der Waals surface area contributed by atoms with Crippen LogP contribution in [0.15, 0.2) is 0 Å². The molecular formula is C13H17N3OS. The molecule has 1 aliphatic carbocycles. The molecule has 0 radical (unpaired) electrons. The monoisotopic (exact) mass is 263 g/mol. The zero-order chi connectivity index (χ0) is 12.7. The maximum absolute atomic E-state index is 9.18. The second-order valence-electron chi connectivity index (χ2n) is 4.88. The van der Waals surface area contributed by atoms with E-state index in [4.69, 9.17) is 0 Å². The molecule has 5 heteroatoms. The van der Waals surface area contributed by atoms with Gasteiger partial charge in [-0.05, 0) is 38.7 Å². The lowest BCUT2D eigenvalue weighted by Crippen LogP contribution is -2.20. The fourth-order valence-electron chi connectivity index (χ4n) is 2.49. The second kappa shape index (κ2) is 4.48. The molecule has 0 bridgehead atoms. The lowest BCUT2D eigenvalue weighted by molar-refractivity contribution is 0.281. The van der Waals surface area contributed by atoms with Gasteiger partial charge in [-0.25, -0.2) is 9.97 Å². The summed E-state index contributed by atoms with van der Waals surface area (Å²) in [5.41, 5.74) is 1.42. The summed E-state index contributed by atoms with van der Waals surface area (Å²) in [6.07, 6.45) is 3.54. The van der Waals surface area contributed by atoms with Crippen molar-refractivity contribution >= 4 is 27.4 Å². The number of aliphatic hydroxyl groups excluding tert-OH is 1. The molecule has 0 aliphatic heterocycles. The molecule has 3 rings (SSSR count). The van der Waals surface area contributed by atoms with Crippen molar-refractivity contribution in [2.75, 3.05) is 11.9 Å². The van der Waals surface area contributed by atoms with Gasteiger partial charge in [0.15, 0.2) is 0 Å². The van der Waals surface area contributed by atoms with E-state index in [-0.39, 0.29) is 12.6 Å². The van der Waals surface area contributed by atoms with E-state index in [1.54, 1.807) is 11.3 Å². The van der Waals surface area contributed by atoms with Gasteiger partial charge >= 0.3 is 0 Å². The second-order valence-corrected chi connectivity index (χ2v) is 5.97. The molecule has 0 saturated carbocycles. The molecule has 1 atom stereocenters. The summed E-state index contributed by atoms with van der Waals surface area (Å²) in [5.74, 6) is 1.67. The first-order chi connectivity index (χ1) is 8.69. The first-order valence-corrected chi connectivity index (χ1v) is 7.17. The quantitative estimate of drug-likeness (QED) is 0.892. The van der Waals surface area contributed by atoms with Crippen molar-refractivity contribution in [1.82, 2.24) is 9.97 Å². The maximum atomic E-state index is 9.18. The van der Waals surface area contributed by atoms with Crippen molar-refractivity contribution in [2.45, 2.75) is 39.2 Å². The van der Waals surface area contributed by atoms with Crippen LogP contribution in [0.4, 0.5) is 5.82 Å². The molecule has 0 amide bonds. The number of nitrogens with one attached hydrogen (secondary N) is 1. The highest BCUT2D eigenvalue weighted by Gasteiger charge is 2.22. The van der Waals surface area contributed by atoms with Crippen molar-refractivity contribution in [3.05, 3.63) is 16.3 Å². The molecule has 2 aromatic rings. The minimum Gasteiger partial charge on any atom is -0.394 e. The van der Waals surface area contributed by atoms with Gasteiger partial charge in [-0.15, -0.1) is 11.3 Å². The van der Waals surface area contributed by atoms with Crippen LogP contribution in [0.3, 0.4) is 0 Å². The first-order valence-electron chi connectivity index (χ1n) is 6.35. The van der Waals surface area contributed by atoms with Crippen LogP contribution in [0.5, 0.6) is 0 Å². The molecule has 96 valence electrons. The average molecular weight is 263 g/mol. The summed E-state index contributed by atoms with van der Waals surface area (Å²) in [6, 6.07) is 0.0134. The van der Waals surface area contributed by atoms with Gasteiger partial charge in [0.2, 0.25) is 0 Å². The number of thiophene rings is 1. The maximum Gasteiger partial charge on any atom is 0.139 e. The van der Waals surface area contributed by atoms with Crippen LogP contribution in [-0.2, 0) is 12.8 Å². The zero-order valence-corrected chi connectivity index (χ0v) is 11.5.